The lowest BCUT2D eigenvalue weighted by Gasteiger charge is -2.36. The first-order valence-corrected chi connectivity index (χ1v) is 9.38. The molecule has 2 aromatic carbocycles. The van der Waals surface area contributed by atoms with E-state index < -0.39 is 0 Å². The summed E-state index contributed by atoms with van der Waals surface area (Å²) >= 11 is 0. The second kappa shape index (κ2) is 7.75. The average Bonchev–Trinajstić information content (AvgIpc) is 3.08. The van der Waals surface area contributed by atoms with Crippen molar-refractivity contribution in [1.82, 2.24) is 10.2 Å². The Hall–Kier alpha value is -2.59. The minimum Gasteiger partial charge on any atom is -0.368 e. The molecule has 134 valence electrons. The number of benzene rings is 2. The van der Waals surface area contributed by atoms with Crippen LogP contribution in [0.3, 0.4) is 0 Å². The Morgan fingerprint density at radius 1 is 0.923 bits per heavy atom. The van der Waals surface area contributed by atoms with Crippen LogP contribution in [0.1, 0.15) is 17.5 Å². The molecular weight excluding hydrogens is 322 g/mol. The van der Waals surface area contributed by atoms with Crippen LogP contribution >= 0.6 is 0 Å². The van der Waals surface area contributed by atoms with E-state index in [0.717, 1.165) is 56.8 Å². The molecule has 0 aromatic heterocycles. The molecule has 2 fully saturated rings. The van der Waals surface area contributed by atoms with Crippen molar-refractivity contribution in [3.05, 3.63) is 71.3 Å². The normalized spacial score (nSPS) is 19.8. The minimum atomic E-state index is 0.0764. The molecule has 0 saturated carbocycles. The van der Waals surface area contributed by atoms with Gasteiger partial charge in [0.05, 0.1) is 0 Å². The molecule has 2 heterocycles. The summed E-state index contributed by atoms with van der Waals surface area (Å²) in [5.41, 5.74) is 4.65. The molecular formula is C22H25N3O. The van der Waals surface area contributed by atoms with Crippen molar-refractivity contribution in [2.24, 2.45) is 0 Å². The number of carbonyl (C=O) groups is 1. The highest BCUT2D eigenvalue weighted by Crippen LogP contribution is 2.26. The summed E-state index contributed by atoms with van der Waals surface area (Å²) in [6.07, 6.45) is 2.88. The fourth-order valence-electron chi connectivity index (χ4n) is 3.75. The van der Waals surface area contributed by atoms with Crippen molar-refractivity contribution >= 4 is 17.7 Å². The molecule has 4 heteroatoms. The van der Waals surface area contributed by atoms with Gasteiger partial charge in [0.25, 0.3) is 0 Å². The standard InChI is InChI=1S/C22H25N3O/c26-22-20(10-11-23-22)16-19-8-4-5-9-21(19)25-14-12-24(13-15-25)17-18-6-2-1-3-7-18/h1-9,16H,10-15,17H2,(H,23,26). The molecule has 0 aliphatic carbocycles. The van der Waals surface area contributed by atoms with Crippen molar-refractivity contribution < 1.29 is 4.79 Å². The van der Waals surface area contributed by atoms with E-state index >= 15 is 0 Å². The van der Waals surface area contributed by atoms with Gasteiger partial charge >= 0.3 is 0 Å². The summed E-state index contributed by atoms with van der Waals surface area (Å²) in [7, 11) is 0. The molecule has 4 nitrogen and oxygen atoms in total. The molecule has 0 unspecified atom stereocenters. The third-order valence-corrected chi connectivity index (χ3v) is 5.20. The lowest BCUT2D eigenvalue weighted by Crippen LogP contribution is -2.46. The van der Waals surface area contributed by atoms with Gasteiger partial charge in [-0.3, -0.25) is 9.69 Å². The predicted octanol–water partition coefficient (Wildman–Crippen LogP) is 2.91. The maximum atomic E-state index is 11.9. The van der Waals surface area contributed by atoms with Crippen LogP contribution in [0.2, 0.25) is 0 Å². The first-order chi connectivity index (χ1) is 12.8. The summed E-state index contributed by atoms with van der Waals surface area (Å²) in [6.45, 7) is 5.91. The Kier molecular flexibility index (Phi) is 5.02. The Balaban J connectivity index is 1.44. The predicted molar refractivity (Wildman–Crippen MR) is 106 cm³/mol. The number of piperazine rings is 1. The average molecular weight is 347 g/mol. The zero-order valence-corrected chi connectivity index (χ0v) is 15.0. The number of rotatable bonds is 4. The van der Waals surface area contributed by atoms with E-state index in [1.165, 1.54) is 11.3 Å². The molecule has 26 heavy (non-hydrogen) atoms. The zero-order chi connectivity index (χ0) is 17.8. The van der Waals surface area contributed by atoms with Crippen LogP contribution in [0, 0.1) is 0 Å². The number of carbonyl (C=O) groups excluding carboxylic acids is 1. The SMILES string of the molecule is O=C1NCCC1=Cc1ccccc1N1CCN(Cc2ccccc2)CC1. The number of nitrogens with one attached hydrogen (secondary N) is 1. The van der Waals surface area contributed by atoms with Gasteiger partial charge in [0.2, 0.25) is 5.91 Å². The molecule has 0 atom stereocenters. The second-order valence-electron chi connectivity index (χ2n) is 6.98. The van der Waals surface area contributed by atoms with Gasteiger partial charge in [-0.1, -0.05) is 48.5 Å². The van der Waals surface area contributed by atoms with Crippen LogP contribution in [0.5, 0.6) is 0 Å². The molecule has 2 aliphatic rings. The minimum absolute atomic E-state index is 0.0764. The fourth-order valence-corrected chi connectivity index (χ4v) is 3.75. The summed E-state index contributed by atoms with van der Waals surface area (Å²) in [6, 6.07) is 19.1. The van der Waals surface area contributed by atoms with E-state index in [0.29, 0.717) is 0 Å². The van der Waals surface area contributed by atoms with Crippen LogP contribution in [0.4, 0.5) is 5.69 Å². The Morgan fingerprint density at radius 3 is 2.38 bits per heavy atom. The van der Waals surface area contributed by atoms with Gasteiger partial charge in [-0.2, -0.15) is 0 Å². The van der Waals surface area contributed by atoms with Crippen LogP contribution in [-0.4, -0.2) is 43.5 Å². The number of amides is 1. The molecule has 4 rings (SSSR count). The number of hydrogen-bond donors (Lipinski definition) is 1. The van der Waals surface area contributed by atoms with Gasteiger partial charge in [0.15, 0.2) is 0 Å². The van der Waals surface area contributed by atoms with Gasteiger partial charge in [-0.15, -0.1) is 0 Å². The second-order valence-corrected chi connectivity index (χ2v) is 6.98. The molecule has 1 amide bonds. The molecule has 2 aromatic rings. The van der Waals surface area contributed by atoms with E-state index in [2.05, 4.69) is 75.8 Å². The lowest BCUT2D eigenvalue weighted by molar-refractivity contribution is -0.116. The fraction of sp³-hybridized carbons (Fsp3) is 0.318. The smallest absolute Gasteiger partial charge is 0.247 e. The highest BCUT2D eigenvalue weighted by Gasteiger charge is 2.20. The maximum absolute atomic E-state index is 11.9. The van der Waals surface area contributed by atoms with Crippen LogP contribution in [0.25, 0.3) is 6.08 Å². The molecule has 1 N–H and O–H groups in total. The van der Waals surface area contributed by atoms with Gasteiger partial charge < -0.3 is 10.2 Å². The van der Waals surface area contributed by atoms with Crippen molar-refractivity contribution in [2.45, 2.75) is 13.0 Å². The molecule has 2 aliphatic heterocycles. The summed E-state index contributed by atoms with van der Waals surface area (Å²) < 4.78 is 0. The van der Waals surface area contributed by atoms with Crippen LogP contribution in [-0.2, 0) is 11.3 Å². The van der Waals surface area contributed by atoms with E-state index in [4.69, 9.17) is 0 Å². The van der Waals surface area contributed by atoms with Gasteiger partial charge in [-0.05, 0) is 29.7 Å². The summed E-state index contributed by atoms with van der Waals surface area (Å²) in [5.74, 6) is 0.0764. The van der Waals surface area contributed by atoms with Gasteiger partial charge in [-0.25, -0.2) is 0 Å². The Morgan fingerprint density at radius 2 is 1.65 bits per heavy atom. The third-order valence-electron chi connectivity index (χ3n) is 5.20. The van der Waals surface area contributed by atoms with Crippen LogP contribution < -0.4 is 10.2 Å². The first kappa shape index (κ1) is 16.9. The third kappa shape index (κ3) is 3.81. The number of nitrogens with zero attached hydrogens (tertiary/aromatic N) is 2. The monoisotopic (exact) mass is 347 g/mol. The van der Waals surface area contributed by atoms with E-state index in [-0.39, 0.29) is 5.91 Å². The summed E-state index contributed by atoms with van der Waals surface area (Å²) in [4.78, 5) is 16.8. The van der Waals surface area contributed by atoms with Crippen molar-refractivity contribution in [2.75, 3.05) is 37.6 Å². The molecule has 0 spiro atoms. The van der Waals surface area contributed by atoms with Gasteiger partial charge in [0.1, 0.15) is 0 Å². The number of anilines is 1. The molecule has 0 radical (unpaired) electrons. The Bertz CT molecular complexity index is 792. The van der Waals surface area contributed by atoms with Crippen molar-refractivity contribution in [3.8, 4) is 0 Å². The lowest BCUT2D eigenvalue weighted by atomic mass is 10.1. The highest BCUT2D eigenvalue weighted by atomic mass is 16.1. The van der Waals surface area contributed by atoms with E-state index in [1.54, 1.807) is 0 Å². The van der Waals surface area contributed by atoms with E-state index in [9.17, 15) is 4.79 Å². The van der Waals surface area contributed by atoms with E-state index in [1.807, 2.05) is 0 Å². The number of hydrogen-bond acceptors (Lipinski definition) is 3. The van der Waals surface area contributed by atoms with Crippen LogP contribution in [0.15, 0.2) is 60.2 Å². The Labute approximate surface area is 155 Å². The largest absolute Gasteiger partial charge is 0.368 e. The quantitative estimate of drug-likeness (QED) is 0.864. The van der Waals surface area contributed by atoms with Crippen molar-refractivity contribution in [1.29, 1.82) is 0 Å². The van der Waals surface area contributed by atoms with Gasteiger partial charge in [0, 0.05) is 50.5 Å². The zero-order valence-electron chi connectivity index (χ0n) is 15.0. The molecule has 0 bridgehead atoms. The topological polar surface area (TPSA) is 35.6 Å². The maximum Gasteiger partial charge on any atom is 0.247 e. The summed E-state index contributed by atoms with van der Waals surface area (Å²) in [5, 5.41) is 2.89. The molecule has 2 saturated heterocycles. The first-order valence-electron chi connectivity index (χ1n) is 9.38. The van der Waals surface area contributed by atoms with Crippen molar-refractivity contribution in [3.63, 3.8) is 0 Å². The number of para-hydroxylation sites is 1. The highest BCUT2D eigenvalue weighted by molar-refractivity contribution is 6.00.